The monoisotopic (exact) mass is 262 g/mol. The van der Waals surface area contributed by atoms with Crippen LogP contribution in [0.25, 0.3) is 0 Å². The molecule has 1 unspecified atom stereocenters. The molecular weight excluding hydrogens is 236 g/mol. The number of carbonyl (C=O) groups excluding carboxylic acids is 1. The molecule has 1 aromatic carbocycles. The lowest BCUT2D eigenvalue weighted by molar-refractivity contribution is -0.123. The first-order valence-corrected chi connectivity index (χ1v) is 7.21. The van der Waals surface area contributed by atoms with Crippen LogP contribution in [0.2, 0.25) is 0 Å². The molecule has 19 heavy (non-hydrogen) atoms. The van der Waals surface area contributed by atoms with Crippen LogP contribution in [0.5, 0.6) is 0 Å². The fourth-order valence-electron chi connectivity index (χ4n) is 2.00. The van der Waals surface area contributed by atoms with Crippen molar-refractivity contribution in [3.8, 4) is 0 Å². The minimum atomic E-state index is 0.0561. The van der Waals surface area contributed by atoms with Crippen LogP contribution in [0.1, 0.15) is 45.2 Å². The van der Waals surface area contributed by atoms with E-state index in [9.17, 15) is 4.79 Å². The third-order valence-electron chi connectivity index (χ3n) is 3.12. The Labute approximate surface area is 116 Å². The Morgan fingerprint density at radius 2 is 1.84 bits per heavy atom. The van der Waals surface area contributed by atoms with Gasteiger partial charge in [0.15, 0.2) is 0 Å². The van der Waals surface area contributed by atoms with E-state index in [4.69, 9.17) is 0 Å². The molecule has 0 saturated carbocycles. The Balaban J connectivity index is 2.37. The van der Waals surface area contributed by atoms with E-state index in [0.29, 0.717) is 12.6 Å². The van der Waals surface area contributed by atoms with Crippen molar-refractivity contribution >= 4 is 5.91 Å². The summed E-state index contributed by atoms with van der Waals surface area (Å²) in [5.41, 5.74) is 1.32. The molecule has 0 fully saturated rings. The zero-order valence-corrected chi connectivity index (χ0v) is 12.3. The van der Waals surface area contributed by atoms with Gasteiger partial charge >= 0.3 is 0 Å². The average molecular weight is 262 g/mol. The van der Waals surface area contributed by atoms with Crippen LogP contribution in [0.15, 0.2) is 30.3 Å². The second kappa shape index (κ2) is 8.70. The highest BCUT2D eigenvalue weighted by atomic mass is 16.1. The molecule has 106 valence electrons. The topological polar surface area (TPSA) is 41.1 Å². The van der Waals surface area contributed by atoms with Crippen LogP contribution in [-0.2, 0) is 4.79 Å². The van der Waals surface area contributed by atoms with Crippen molar-refractivity contribution < 1.29 is 4.79 Å². The van der Waals surface area contributed by atoms with Crippen LogP contribution in [0.3, 0.4) is 0 Å². The zero-order chi connectivity index (χ0) is 14.1. The van der Waals surface area contributed by atoms with Crippen molar-refractivity contribution in [1.82, 2.24) is 10.6 Å². The molecule has 0 aromatic heterocycles. The van der Waals surface area contributed by atoms with Gasteiger partial charge in [0.2, 0.25) is 5.91 Å². The highest BCUT2D eigenvalue weighted by Gasteiger charge is 2.09. The van der Waals surface area contributed by atoms with Crippen molar-refractivity contribution in [2.24, 2.45) is 5.92 Å². The van der Waals surface area contributed by atoms with E-state index in [1.807, 2.05) is 19.9 Å². The fourth-order valence-corrected chi connectivity index (χ4v) is 2.00. The van der Waals surface area contributed by atoms with E-state index < -0.39 is 0 Å². The van der Waals surface area contributed by atoms with Crippen LogP contribution < -0.4 is 10.6 Å². The number of amides is 1. The quantitative estimate of drug-likeness (QED) is 0.707. The molecule has 2 N–H and O–H groups in total. The highest BCUT2D eigenvalue weighted by molar-refractivity contribution is 5.77. The minimum absolute atomic E-state index is 0.0561. The SMILES string of the molecule is CCCC(NCCNC(=O)C(C)C)c1ccccc1. The van der Waals surface area contributed by atoms with E-state index >= 15 is 0 Å². The van der Waals surface area contributed by atoms with Gasteiger partial charge in [-0.2, -0.15) is 0 Å². The molecule has 0 heterocycles. The molecule has 1 rings (SSSR count). The minimum Gasteiger partial charge on any atom is -0.355 e. The van der Waals surface area contributed by atoms with E-state index in [0.717, 1.165) is 19.4 Å². The van der Waals surface area contributed by atoms with Gasteiger partial charge in [-0.25, -0.2) is 0 Å². The number of hydrogen-bond donors (Lipinski definition) is 2. The number of benzene rings is 1. The Hall–Kier alpha value is -1.35. The average Bonchev–Trinajstić information content (AvgIpc) is 2.42. The first kappa shape index (κ1) is 15.7. The first-order valence-electron chi connectivity index (χ1n) is 7.21. The van der Waals surface area contributed by atoms with Gasteiger partial charge < -0.3 is 10.6 Å². The molecule has 3 nitrogen and oxygen atoms in total. The zero-order valence-electron chi connectivity index (χ0n) is 12.3. The second-order valence-corrected chi connectivity index (χ2v) is 5.15. The Kier molecular flexibility index (Phi) is 7.19. The number of rotatable bonds is 8. The van der Waals surface area contributed by atoms with Crippen molar-refractivity contribution in [3.05, 3.63) is 35.9 Å². The molecule has 1 amide bonds. The van der Waals surface area contributed by atoms with Crippen LogP contribution in [0.4, 0.5) is 0 Å². The lowest BCUT2D eigenvalue weighted by atomic mass is 10.0. The summed E-state index contributed by atoms with van der Waals surface area (Å²) in [6.45, 7) is 7.50. The fraction of sp³-hybridized carbons (Fsp3) is 0.562. The summed E-state index contributed by atoms with van der Waals surface area (Å²) in [7, 11) is 0. The molecule has 0 radical (unpaired) electrons. The van der Waals surface area contributed by atoms with E-state index in [-0.39, 0.29) is 11.8 Å². The van der Waals surface area contributed by atoms with Gasteiger partial charge in [0.05, 0.1) is 0 Å². The number of hydrogen-bond acceptors (Lipinski definition) is 2. The summed E-state index contributed by atoms with van der Waals surface area (Å²) in [6, 6.07) is 10.9. The molecule has 0 aliphatic carbocycles. The van der Waals surface area contributed by atoms with Crippen LogP contribution in [-0.4, -0.2) is 19.0 Å². The maximum absolute atomic E-state index is 11.4. The van der Waals surface area contributed by atoms with Gasteiger partial charge in [-0.1, -0.05) is 57.5 Å². The molecule has 0 spiro atoms. The van der Waals surface area contributed by atoms with Crippen LogP contribution >= 0.6 is 0 Å². The number of nitrogens with one attached hydrogen (secondary N) is 2. The predicted molar refractivity (Wildman–Crippen MR) is 79.9 cm³/mol. The van der Waals surface area contributed by atoms with Gasteiger partial charge in [-0.3, -0.25) is 4.79 Å². The number of carbonyl (C=O) groups is 1. The molecule has 1 atom stereocenters. The van der Waals surface area contributed by atoms with Crippen molar-refractivity contribution in [2.45, 2.75) is 39.7 Å². The predicted octanol–water partition coefficient (Wildman–Crippen LogP) is 2.89. The van der Waals surface area contributed by atoms with Crippen molar-refractivity contribution in [1.29, 1.82) is 0 Å². The first-order chi connectivity index (χ1) is 9.15. The summed E-state index contributed by atoms with van der Waals surface area (Å²) in [5, 5.41) is 6.45. The van der Waals surface area contributed by atoms with E-state index in [2.05, 4.69) is 41.8 Å². The normalized spacial score (nSPS) is 12.4. The second-order valence-electron chi connectivity index (χ2n) is 5.15. The lowest BCUT2D eigenvalue weighted by Crippen LogP contribution is -2.35. The van der Waals surface area contributed by atoms with Gasteiger partial charge in [-0.05, 0) is 12.0 Å². The van der Waals surface area contributed by atoms with Crippen LogP contribution in [0, 0.1) is 5.92 Å². The summed E-state index contributed by atoms with van der Waals surface area (Å²) in [4.78, 5) is 11.4. The van der Waals surface area contributed by atoms with Gasteiger partial charge in [0, 0.05) is 25.0 Å². The maximum atomic E-state index is 11.4. The summed E-state index contributed by atoms with van der Waals surface area (Å²) >= 11 is 0. The highest BCUT2D eigenvalue weighted by Crippen LogP contribution is 2.17. The molecule has 3 heteroatoms. The Morgan fingerprint density at radius 3 is 2.42 bits per heavy atom. The van der Waals surface area contributed by atoms with E-state index in [1.54, 1.807) is 0 Å². The summed E-state index contributed by atoms with van der Waals surface area (Å²) in [5.74, 6) is 0.175. The van der Waals surface area contributed by atoms with Crippen molar-refractivity contribution in [2.75, 3.05) is 13.1 Å². The Morgan fingerprint density at radius 1 is 1.16 bits per heavy atom. The van der Waals surface area contributed by atoms with Crippen molar-refractivity contribution in [3.63, 3.8) is 0 Å². The lowest BCUT2D eigenvalue weighted by Gasteiger charge is -2.19. The molecule has 0 aliphatic rings. The third kappa shape index (κ3) is 5.88. The smallest absolute Gasteiger partial charge is 0.222 e. The maximum Gasteiger partial charge on any atom is 0.222 e. The largest absolute Gasteiger partial charge is 0.355 e. The summed E-state index contributed by atoms with van der Waals surface area (Å²) in [6.07, 6.45) is 2.26. The van der Waals surface area contributed by atoms with E-state index in [1.165, 1.54) is 5.56 Å². The molecule has 0 saturated heterocycles. The third-order valence-corrected chi connectivity index (χ3v) is 3.12. The van der Waals surface area contributed by atoms with Gasteiger partial charge in [0.25, 0.3) is 0 Å². The molecule has 1 aromatic rings. The molecular formula is C16H26N2O. The standard InChI is InChI=1S/C16H26N2O/c1-4-8-15(14-9-6-5-7-10-14)17-11-12-18-16(19)13(2)3/h5-7,9-10,13,15,17H,4,8,11-12H2,1-3H3,(H,18,19). The molecule has 0 bridgehead atoms. The Bertz CT molecular complexity index is 362. The summed E-state index contributed by atoms with van der Waals surface area (Å²) < 4.78 is 0. The van der Waals surface area contributed by atoms with Gasteiger partial charge in [0.1, 0.15) is 0 Å². The molecule has 0 aliphatic heterocycles. The van der Waals surface area contributed by atoms with Gasteiger partial charge in [-0.15, -0.1) is 0 Å².